The van der Waals surface area contributed by atoms with E-state index in [1.807, 2.05) is 20.8 Å². The molecular formula is C15H24N2O4. The quantitative estimate of drug-likeness (QED) is 0.686. The maximum atomic E-state index is 12.3. The van der Waals surface area contributed by atoms with Gasteiger partial charge in [0.2, 0.25) is 5.91 Å². The van der Waals surface area contributed by atoms with Crippen molar-refractivity contribution in [1.29, 1.82) is 0 Å². The number of carbonyl (C=O) groups excluding carboxylic acids is 2. The molecule has 6 nitrogen and oxygen atoms in total. The van der Waals surface area contributed by atoms with Crippen LogP contribution in [-0.2, 0) is 20.7 Å². The minimum absolute atomic E-state index is 0.0160. The molecular weight excluding hydrogens is 272 g/mol. The van der Waals surface area contributed by atoms with Gasteiger partial charge in [-0.2, -0.15) is 0 Å². The van der Waals surface area contributed by atoms with Gasteiger partial charge in [0.25, 0.3) is 0 Å². The highest BCUT2D eigenvalue weighted by atomic mass is 16.5. The van der Waals surface area contributed by atoms with Crippen LogP contribution in [0.4, 0.5) is 0 Å². The van der Waals surface area contributed by atoms with Crippen LogP contribution in [-0.4, -0.2) is 41.6 Å². The van der Waals surface area contributed by atoms with Gasteiger partial charge in [0.15, 0.2) is 0 Å². The summed E-state index contributed by atoms with van der Waals surface area (Å²) in [4.78, 5) is 25.3. The standard InChI is InChI=1S/C15H24N2O4/c1-5-9-17(10-15(19)20-6-2)14(18)8-7-13-11(3)16-21-12(13)4/h5-10H2,1-4H3. The molecule has 0 aliphatic heterocycles. The molecule has 1 aromatic rings. The summed E-state index contributed by atoms with van der Waals surface area (Å²) in [5.74, 6) is 0.328. The van der Waals surface area contributed by atoms with Crippen LogP contribution in [0.5, 0.6) is 0 Å². The highest BCUT2D eigenvalue weighted by molar-refractivity contribution is 5.82. The zero-order chi connectivity index (χ0) is 15.8. The largest absolute Gasteiger partial charge is 0.465 e. The Morgan fingerprint density at radius 3 is 2.52 bits per heavy atom. The lowest BCUT2D eigenvalue weighted by atomic mass is 10.1. The van der Waals surface area contributed by atoms with Gasteiger partial charge in [0, 0.05) is 18.5 Å². The fourth-order valence-corrected chi connectivity index (χ4v) is 2.17. The molecule has 0 bridgehead atoms. The smallest absolute Gasteiger partial charge is 0.325 e. The van der Waals surface area contributed by atoms with Gasteiger partial charge in [0.05, 0.1) is 12.3 Å². The lowest BCUT2D eigenvalue weighted by molar-refractivity contribution is -0.149. The number of esters is 1. The number of carbonyl (C=O) groups is 2. The summed E-state index contributed by atoms with van der Waals surface area (Å²) < 4.78 is 9.98. The first-order chi connectivity index (χ1) is 9.99. The van der Waals surface area contributed by atoms with Gasteiger partial charge in [-0.05, 0) is 33.6 Å². The molecule has 0 radical (unpaired) electrons. The summed E-state index contributed by atoms with van der Waals surface area (Å²) in [6.45, 7) is 8.31. The second kappa shape index (κ2) is 8.44. The number of amides is 1. The van der Waals surface area contributed by atoms with Gasteiger partial charge in [-0.25, -0.2) is 0 Å². The second-order valence-corrected chi connectivity index (χ2v) is 4.92. The minimum atomic E-state index is -0.364. The monoisotopic (exact) mass is 296 g/mol. The Bertz CT molecular complexity index is 463. The molecule has 0 saturated heterocycles. The summed E-state index contributed by atoms with van der Waals surface area (Å²) in [6.07, 6.45) is 1.71. The van der Waals surface area contributed by atoms with Crippen LogP contribution in [0.3, 0.4) is 0 Å². The van der Waals surface area contributed by atoms with Crippen molar-refractivity contribution in [1.82, 2.24) is 10.1 Å². The van der Waals surface area contributed by atoms with Crippen LogP contribution in [0.1, 0.15) is 43.7 Å². The van der Waals surface area contributed by atoms with Crippen LogP contribution in [0.2, 0.25) is 0 Å². The van der Waals surface area contributed by atoms with Crippen molar-refractivity contribution in [2.24, 2.45) is 0 Å². The van der Waals surface area contributed by atoms with E-state index in [1.165, 1.54) is 0 Å². The molecule has 6 heteroatoms. The molecule has 118 valence electrons. The first kappa shape index (κ1) is 17.2. The summed E-state index contributed by atoms with van der Waals surface area (Å²) >= 11 is 0. The molecule has 1 rings (SSSR count). The van der Waals surface area contributed by atoms with Crippen molar-refractivity contribution >= 4 is 11.9 Å². The van der Waals surface area contributed by atoms with E-state index in [0.717, 1.165) is 23.4 Å². The summed E-state index contributed by atoms with van der Waals surface area (Å²) in [6, 6.07) is 0. The molecule has 0 aliphatic rings. The van der Waals surface area contributed by atoms with Crippen molar-refractivity contribution < 1.29 is 18.8 Å². The van der Waals surface area contributed by atoms with Crippen LogP contribution in [0.15, 0.2) is 4.52 Å². The molecule has 0 aromatic carbocycles. The third kappa shape index (κ3) is 5.21. The van der Waals surface area contributed by atoms with E-state index in [9.17, 15) is 9.59 Å². The molecule has 0 atom stereocenters. The summed E-state index contributed by atoms with van der Waals surface area (Å²) in [5, 5.41) is 3.87. The third-order valence-electron chi connectivity index (χ3n) is 3.24. The van der Waals surface area contributed by atoms with Gasteiger partial charge in [-0.15, -0.1) is 0 Å². The lowest BCUT2D eigenvalue weighted by Crippen LogP contribution is -2.37. The number of aromatic nitrogens is 1. The van der Waals surface area contributed by atoms with Crippen molar-refractivity contribution in [3.63, 3.8) is 0 Å². The molecule has 21 heavy (non-hydrogen) atoms. The number of aryl methyl sites for hydroxylation is 2. The zero-order valence-electron chi connectivity index (χ0n) is 13.3. The predicted octanol–water partition coefficient (Wildman–Crippen LogP) is 2.03. The van der Waals surface area contributed by atoms with E-state index in [-0.39, 0.29) is 18.4 Å². The Hall–Kier alpha value is -1.85. The summed E-state index contributed by atoms with van der Waals surface area (Å²) in [7, 11) is 0. The molecule has 0 aliphatic carbocycles. The zero-order valence-corrected chi connectivity index (χ0v) is 13.3. The molecule has 1 heterocycles. The Morgan fingerprint density at radius 2 is 2.00 bits per heavy atom. The van der Waals surface area contributed by atoms with Crippen molar-refractivity contribution in [2.75, 3.05) is 19.7 Å². The fourth-order valence-electron chi connectivity index (χ4n) is 2.17. The maximum absolute atomic E-state index is 12.3. The van der Waals surface area contributed by atoms with Gasteiger partial charge in [0.1, 0.15) is 12.3 Å². The van der Waals surface area contributed by atoms with E-state index in [4.69, 9.17) is 9.26 Å². The minimum Gasteiger partial charge on any atom is -0.465 e. The van der Waals surface area contributed by atoms with E-state index >= 15 is 0 Å². The van der Waals surface area contributed by atoms with Gasteiger partial charge in [-0.3, -0.25) is 9.59 Å². The molecule has 0 saturated carbocycles. The number of rotatable bonds is 8. The highest BCUT2D eigenvalue weighted by Gasteiger charge is 2.18. The Balaban J connectivity index is 2.58. The number of hydrogen-bond acceptors (Lipinski definition) is 5. The number of nitrogens with zero attached hydrogens (tertiary/aromatic N) is 2. The maximum Gasteiger partial charge on any atom is 0.325 e. The molecule has 1 aromatic heterocycles. The van der Waals surface area contributed by atoms with Gasteiger partial charge < -0.3 is 14.2 Å². The van der Waals surface area contributed by atoms with Crippen molar-refractivity contribution in [2.45, 2.75) is 47.0 Å². The fraction of sp³-hybridized carbons (Fsp3) is 0.667. The van der Waals surface area contributed by atoms with E-state index < -0.39 is 0 Å². The first-order valence-corrected chi connectivity index (χ1v) is 7.34. The van der Waals surface area contributed by atoms with Crippen molar-refractivity contribution in [3.05, 3.63) is 17.0 Å². The van der Waals surface area contributed by atoms with Gasteiger partial charge >= 0.3 is 5.97 Å². The molecule has 0 N–H and O–H groups in total. The molecule has 1 amide bonds. The molecule has 0 spiro atoms. The first-order valence-electron chi connectivity index (χ1n) is 7.34. The Kier molecular flexibility index (Phi) is 6.91. The van der Waals surface area contributed by atoms with Gasteiger partial charge in [-0.1, -0.05) is 12.1 Å². The van der Waals surface area contributed by atoms with Crippen molar-refractivity contribution in [3.8, 4) is 0 Å². The Labute approximate surface area is 125 Å². The van der Waals surface area contributed by atoms with Crippen LogP contribution in [0, 0.1) is 13.8 Å². The molecule has 0 fully saturated rings. The number of ether oxygens (including phenoxy) is 1. The summed E-state index contributed by atoms with van der Waals surface area (Å²) in [5.41, 5.74) is 1.78. The van der Waals surface area contributed by atoms with E-state index in [0.29, 0.717) is 26.0 Å². The second-order valence-electron chi connectivity index (χ2n) is 4.92. The predicted molar refractivity (Wildman–Crippen MR) is 77.8 cm³/mol. The SMILES string of the molecule is CCCN(CC(=O)OCC)C(=O)CCc1c(C)noc1C. The van der Waals surface area contributed by atoms with E-state index in [1.54, 1.807) is 11.8 Å². The average molecular weight is 296 g/mol. The average Bonchev–Trinajstić information content (AvgIpc) is 2.75. The number of hydrogen-bond donors (Lipinski definition) is 0. The van der Waals surface area contributed by atoms with Crippen LogP contribution in [0.25, 0.3) is 0 Å². The lowest BCUT2D eigenvalue weighted by Gasteiger charge is -2.21. The van der Waals surface area contributed by atoms with Crippen LogP contribution < -0.4 is 0 Å². The Morgan fingerprint density at radius 1 is 1.29 bits per heavy atom. The molecule has 0 unspecified atom stereocenters. The topological polar surface area (TPSA) is 72.6 Å². The van der Waals surface area contributed by atoms with Crippen LogP contribution >= 0.6 is 0 Å². The van der Waals surface area contributed by atoms with E-state index in [2.05, 4.69) is 5.16 Å². The third-order valence-corrected chi connectivity index (χ3v) is 3.24. The normalized spacial score (nSPS) is 10.5. The highest BCUT2D eigenvalue weighted by Crippen LogP contribution is 2.15.